The van der Waals surface area contributed by atoms with Gasteiger partial charge in [-0.1, -0.05) is 0 Å². The fourth-order valence-electron chi connectivity index (χ4n) is 0.903. The highest BCUT2D eigenvalue weighted by molar-refractivity contribution is 7.08. The van der Waals surface area contributed by atoms with Crippen LogP contribution < -0.4 is 0 Å². The van der Waals surface area contributed by atoms with E-state index in [-0.39, 0.29) is 5.97 Å². The van der Waals surface area contributed by atoms with E-state index in [1.54, 1.807) is 0 Å². The second kappa shape index (κ2) is 3.50. The van der Waals surface area contributed by atoms with Gasteiger partial charge in [0.1, 0.15) is 5.60 Å². The van der Waals surface area contributed by atoms with Gasteiger partial charge in [-0.25, -0.2) is 4.79 Å². The number of thiophene rings is 1. The third kappa shape index (κ3) is 2.84. The van der Waals surface area contributed by atoms with Gasteiger partial charge >= 0.3 is 5.97 Å². The predicted molar refractivity (Wildman–Crippen MR) is 54.2 cm³/mol. The van der Waals surface area contributed by atoms with Crippen LogP contribution in [0.15, 0.2) is 10.8 Å². The van der Waals surface area contributed by atoms with Crippen molar-refractivity contribution in [3.8, 4) is 0 Å². The maximum absolute atomic E-state index is 11.5. The average Bonchev–Trinajstić information content (AvgIpc) is 2.30. The Hall–Kier alpha value is -0.830. The molecule has 0 aliphatic rings. The van der Waals surface area contributed by atoms with Gasteiger partial charge in [0, 0.05) is 5.38 Å². The van der Waals surface area contributed by atoms with Crippen LogP contribution in [0, 0.1) is 6.92 Å². The smallest absolute Gasteiger partial charge is 0.339 e. The molecule has 3 heteroatoms. The van der Waals surface area contributed by atoms with Crippen molar-refractivity contribution in [1.29, 1.82) is 0 Å². The number of ether oxygens (including phenoxy) is 1. The highest BCUT2D eigenvalue weighted by Gasteiger charge is 2.19. The highest BCUT2D eigenvalue weighted by atomic mass is 32.1. The number of rotatable bonds is 1. The molecule has 0 bridgehead atoms. The first-order valence-electron chi connectivity index (χ1n) is 4.16. The first-order chi connectivity index (χ1) is 5.90. The molecule has 0 saturated heterocycles. The summed E-state index contributed by atoms with van der Waals surface area (Å²) in [7, 11) is 0. The van der Waals surface area contributed by atoms with Crippen LogP contribution in [0.1, 0.15) is 36.7 Å². The largest absolute Gasteiger partial charge is 0.456 e. The van der Waals surface area contributed by atoms with E-state index in [2.05, 4.69) is 0 Å². The van der Waals surface area contributed by atoms with E-state index in [1.807, 2.05) is 38.5 Å². The summed E-state index contributed by atoms with van der Waals surface area (Å²) in [6.07, 6.45) is 0. The predicted octanol–water partition coefficient (Wildman–Crippen LogP) is 3.01. The van der Waals surface area contributed by atoms with E-state index in [9.17, 15) is 4.79 Å². The van der Waals surface area contributed by atoms with E-state index < -0.39 is 5.60 Å². The minimum atomic E-state index is -0.411. The zero-order valence-electron chi connectivity index (χ0n) is 8.38. The Morgan fingerprint density at radius 3 is 2.38 bits per heavy atom. The van der Waals surface area contributed by atoms with Gasteiger partial charge in [-0.05, 0) is 38.6 Å². The van der Waals surface area contributed by atoms with Crippen molar-refractivity contribution in [2.45, 2.75) is 33.3 Å². The topological polar surface area (TPSA) is 26.3 Å². The lowest BCUT2D eigenvalue weighted by Crippen LogP contribution is -2.23. The van der Waals surface area contributed by atoms with Crippen molar-refractivity contribution in [2.24, 2.45) is 0 Å². The van der Waals surface area contributed by atoms with Gasteiger partial charge in [0.2, 0.25) is 0 Å². The summed E-state index contributed by atoms with van der Waals surface area (Å²) in [6, 6.07) is 0. The number of carbonyl (C=O) groups is 1. The third-order valence-corrected chi connectivity index (χ3v) is 2.34. The van der Waals surface area contributed by atoms with Crippen molar-refractivity contribution >= 4 is 17.3 Å². The molecule has 0 atom stereocenters. The summed E-state index contributed by atoms with van der Waals surface area (Å²) in [5, 5.41) is 3.77. The Morgan fingerprint density at radius 1 is 1.38 bits per heavy atom. The molecular formula is C10H14O2S. The molecule has 0 unspecified atom stereocenters. The van der Waals surface area contributed by atoms with Crippen LogP contribution in [0.25, 0.3) is 0 Å². The molecule has 13 heavy (non-hydrogen) atoms. The summed E-state index contributed by atoms with van der Waals surface area (Å²) in [4.78, 5) is 11.5. The van der Waals surface area contributed by atoms with Gasteiger partial charge in [0.05, 0.1) is 5.56 Å². The summed E-state index contributed by atoms with van der Waals surface area (Å²) >= 11 is 1.52. The Labute approximate surface area is 82.5 Å². The van der Waals surface area contributed by atoms with E-state index in [0.717, 1.165) is 5.56 Å². The van der Waals surface area contributed by atoms with Crippen molar-refractivity contribution in [2.75, 3.05) is 0 Å². The number of esters is 1. The molecule has 0 saturated carbocycles. The molecule has 1 aromatic heterocycles. The number of hydrogen-bond acceptors (Lipinski definition) is 3. The molecule has 0 aromatic carbocycles. The standard InChI is InChI=1S/C10H14O2S/c1-7-5-13-6-8(7)9(11)12-10(2,3)4/h5-6H,1-4H3. The van der Waals surface area contributed by atoms with Gasteiger partial charge in [-0.3, -0.25) is 0 Å². The Morgan fingerprint density at radius 2 is 2.00 bits per heavy atom. The molecule has 0 N–H and O–H groups in total. The summed E-state index contributed by atoms with van der Waals surface area (Å²) in [5.41, 5.74) is 1.25. The number of aryl methyl sites for hydroxylation is 1. The van der Waals surface area contributed by atoms with Gasteiger partial charge in [0.15, 0.2) is 0 Å². The lowest BCUT2D eigenvalue weighted by molar-refractivity contribution is 0.00694. The zero-order chi connectivity index (χ0) is 10.1. The molecule has 72 valence electrons. The molecule has 1 rings (SSSR count). The monoisotopic (exact) mass is 198 g/mol. The fourth-order valence-corrected chi connectivity index (χ4v) is 1.72. The van der Waals surface area contributed by atoms with Crippen LogP contribution in [0.3, 0.4) is 0 Å². The van der Waals surface area contributed by atoms with Crippen LogP contribution in [-0.2, 0) is 4.74 Å². The molecule has 0 aliphatic carbocycles. The maximum atomic E-state index is 11.5. The summed E-state index contributed by atoms with van der Waals surface area (Å²) in [6.45, 7) is 7.52. The average molecular weight is 198 g/mol. The van der Waals surface area contributed by atoms with E-state index >= 15 is 0 Å². The zero-order valence-corrected chi connectivity index (χ0v) is 9.20. The molecule has 0 fully saturated rings. The first-order valence-corrected chi connectivity index (χ1v) is 5.10. The Bertz CT molecular complexity index is 307. The van der Waals surface area contributed by atoms with Crippen molar-refractivity contribution in [1.82, 2.24) is 0 Å². The van der Waals surface area contributed by atoms with Crippen molar-refractivity contribution < 1.29 is 9.53 Å². The van der Waals surface area contributed by atoms with Crippen LogP contribution in [0.5, 0.6) is 0 Å². The van der Waals surface area contributed by atoms with Crippen LogP contribution in [0.4, 0.5) is 0 Å². The van der Waals surface area contributed by atoms with Gasteiger partial charge in [-0.2, -0.15) is 11.3 Å². The lowest BCUT2D eigenvalue weighted by Gasteiger charge is -2.19. The molecule has 2 nitrogen and oxygen atoms in total. The van der Waals surface area contributed by atoms with Crippen LogP contribution in [-0.4, -0.2) is 11.6 Å². The lowest BCUT2D eigenvalue weighted by atomic mass is 10.2. The van der Waals surface area contributed by atoms with E-state index in [1.165, 1.54) is 11.3 Å². The normalized spacial score (nSPS) is 11.4. The fraction of sp³-hybridized carbons (Fsp3) is 0.500. The summed E-state index contributed by atoms with van der Waals surface area (Å²) in [5.74, 6) is -0.230. The minimum absolute atomic E-state index is 0.230. The maximum Gasteiger partial charge on any atom is 0.339 e. The molecular weight excluding hydrogens is 184 g/mol. The molecule has 1 aromatic rings. The molecule has 0 radical (unpaired) electrons. The molecule has 0 aliphatic heterocycles. The minimum Gasteiger partial charge on any atom is -0.456 e. The Kier molecular flexibility index (Phi) is 2.76. The van der Waals surface area contributed by atoms with Crippen LogP contribution in [0.2, 0.25) is 0 Å². The SMILES string of the molecule is Cc1cscc1C(=O)OC(C)(C)C. The van der Waals surface area contributed by atoms with Crippen molar-refractivity contribution in [3.05, 3.63) is 21.9 Å². The molecule has 0 spiro atoms. The number of carbonyl (C=O) groups excluding carboxylic acids is 1. The quantitative estimate of drug-likeness (QED) is 0.648. The van der Waals surface area contributed by atoms with Gasteiger partial charge in [-0.15, -0.1) is 0 Å². The summed E-state index contributed by atoms with van der Waals surface area (Å²) < 4.78 is 5.23. The highest BCUT2D eigenvalue weighted by Crippen LogP contribution is 2.18. The second-order valence-electron chi connectivity index (χ2n) is 3.97. The third-order valence-electron chi connectivity index (χ3n) is 1.47. The van der Waals surface area contributed by atoms with E-state index in [0.29, 0.717) is 5.56 Å². The first kappa shape index (κ1) is 10.3. The second-order valence-corrected chi connectivity index (χ2v) is 4.71. The van der Waals surface area contributed by atoms with Crippen LogP contribution >= 0.6 is 11.3 Å². The van der Waals surface area contributed by atoms with Crippen molar-refractivity contribution in [3.63, 3.8) is 0 Å². The number of hydrogen-bond donors (Lipinski definition) is 0. The van der Waals surface area contributed by atoms with Gasteiger partial charge in [0.25, 0.3) is 0 Å². The van der Waals surface area contributed by atoms with Gasteiger partial charge < -0.3 is 4.74 Å². The van der Waals surface area contributed by atoms with E-state index in [4.69, 9.17) is 4.74 Å². The Balaban J connectivity index is 2.76. The molecule has 1 heterocycles. The molecule has 0 amide bonds.